The molecule has 0 atom stereocenters. The van der Waals surface area contributed by atoms with Gasteiger partial charge in [-0.15, -0.1) is 5.10 Å². The summed E-state index contributed by atoms with van der Waals surface area (Å²) in [7, 11) is 0. The fourth-order valence-corrected chi connectivity index (χ4v) is 3.94. The third-order valence-electron chi connectivity index (χ3n) is 5.05. The Balaban J connectivity index is 1.51. The number of hydrogen-bond acceptors (Lipinski definition) is 5. The molecule has 1 aliphatic rings. The fraction of sp³-hybridized carbons (Fsp3) is 0.263. The van der Waals surface area contributed by atoms with Gasteiger partial charge in [0.25, 0.3) is 5.91 Å². The van der Waals surface area contributed by atoms with Crippen molar-refractivity contribution >= 4 is 33.4 Å². The first kappa shape index (κ1) is 19.0. The Morgan fingerprint density at radius 1 is 1.14 bits per heavy atom. The smallest absolute Gasteiger partial charge is 0.255 e. The molecule has 2 heterocycles. The van der Waals surface area contributed by atoms with Crippen LogP contribution in [0.3, 0.4) is 0 Å². The van der Waals surface area contributed by atoms with E-state index in [2.05, 4.69) is 31.5 Å². The summed E-state index contributed by atoms with van der Waals surface area (Å²) < 4.78 is 2.20. The van der Waals surface area contributed by atoms with Crippen LogP contribution in [0.1, 0.15) is 28.8 Å². The molecule has 144 valence electrons. The first-order valence-electron chi connectivity index (χ1n) is 8.77. The molecule has 1 saturated heterocycles. The molecule has 7 nitrogen and oxygen atoms in total. The summed E-state index contributed by atoms with van der Waals surface area (Å²) in [5.74, 6) is -0.0973. The van der Waals surface area contributed by atoms with Gasteiger partial charge in [-0.25, -0.2) is 4.68 Å². The lowest BCUT2D eigenvalue weighted by molar-refractivity contribution is -0.0211. The second-order valence-corrected chi connectivity index (χ2v) is 8.04. The number of nitrogens with zero attached hydrogens (tertiary/aromatic N) is 5. The molecule has 1 amide bonds. The molecule has 0 radical (unpaired) electrons. The highest BCUT2D eigenvalue weighted by atomic mass is 79.9. The third kappa shape index (κ3) is 3.67. The number of hydrogen-bond donors (Lipinski definition) is 1. The minimum atomic E-state index is -0.952. The summed E-state index contributed by atoms with van der Waals surface area (Å²) in [5.41, 5.74) is 1.11. The van der Waals surface area contributed by atoms with Gasteiger partial charge in [0.1, 0.15) is 6.33 Å². The van der Waals surface area contributed by atoms with Crippen molar-refractivity contribution in [2.45, 2.75) is 18.4 Å². The van der Waals surface area contributed by atoms with Crippen LogP contribution in [-0.2, 0) is 5.60 Å². The number of amides is 1. The molecule has 1 fully saturated rings. The van der Waals surface area contributed by atoms with Crippen molar-refractivity contribution in [1.82, 2.24) is 25.1 Å². The quantitative estimate of drug-likeness (QED) is 0.646. The van der Waals surface area contributed by atoms with Gasteiger partial charge in [0.2, 0.25) is 0 Å². The van der Waals surface area contributed by atoms with Crippen LogP contribution in [0.4, 0.5) is 0 Å². The average molecular weight is 463 g/mol. The molecule has 0 aliphatic carbocycles. The Hall–Kier alpha value is -2.29. The summed E-state index contributed by atoms with van der Waals surface area (Å²) in [6.07, 6.45) is 2.40. The van der Waals surface area contributed by atoms with Gasteiger partial charge in [0.05, 0.1) is 16.9 Å². The Labute approximate surface area is 175 Å². The molecule has 4 rings (SSSR count). The number of benzene rings is 2. The Morgan fingerprint density at radius 2 is 1.86 bits per heavy atom. The van der Waals surface area contributed by atoms with Crippen LogP contribution in [0.15, 0.2) is 53.3 Å². The molecule has 0 saturated carbocycles. The summed E-state index contributed by atoms with van der Waals surface area (Å²) in [5, 5.41) is 22.8. The highest BCUT2D eigenvalue weighted by molar-refractivity contribution is 9.10. The number of rotatable bonds is 3. The molecular weight excluding hydrogens is 446 g/mol. The van der Waals surface area contributed by atoms with Gasteiger partial charge in [-0.2, -0.15) is 0 Å². The largest absolute Gasteiger partial charge is 0.385 e. The lowest BCUT2D eigenvalue weighted by Crippen LogP contribution is -2.45. The van der Waals surface area contributed by atoms with Crippen LogP contribution in [0.5, 0.6) is 0 Å². The monoisotopic (exact) mass is 461 g/mol. The van der Waals surface area contributed by atoms with Gasteiger partial charge in [-0.1, -0.05) is 23.7 Å². The Morgan fingerprint density at radius 3 is 2.50 bits per heavy atom. The van der Waals surface area contributed by atoms with Crippen LogP contribution in [0.25, 0.3) is 5.69 Å². The van der Waals surface area contributed by atoms with E-state index in [-0.39, 0.29) is 5.91 Å². The van der Waals surface area contributed by atoms with Crippen molar-refractivity contribution in [3.63, 3.8) is 0 Å². The van der Waals surface area contributed by atoms with E-state index in [9.17, 15) is 9.90 Å². The van der Waals surface area contributed by atoms with Crippen LogP contribution >= 0.6 is 27.5 Å². The molecule has 9 heteroatoms. The van der Waals surface area contributed by atoms with Crippen LogP contribution in [0, 0.1) is 0 Å². The molecule has 0 unspecified atom stereocenters. The lowest BCUT2D eigenvalue weighted by atomic mass is 9.84. The summed E-state index contributed by atoms with van der Waals surface area (Å²) in [6.45, 7) is 0.916. The third-order valence-corrected chi connectivity index (χ3v) is 6.00. The molecule has 28 heavy (non-hydrogen) atoms. The Bertz CT molecular complexity index is 986. The molecule has 0 bridgehead atoms. The van der Waals surface area contributed by atoms with Crippen molar-refractivity contribution in [3.8, 4) is 5.69 Å². The van der Waals surface area contributed by atoms with Crippen molar-refractivity contribution in [2.24, 2.45) is 0 Å². The SMILES string of the molecule is O=C(c1cc(-n2cnnn2)ccc1Br)N1CCC(O)(c2ccc(Cl)cc2)CC1. The number of tetrazole rings is 1. The number of aliphatic hydroxyl groups is 1. The highest BCUT2D eigenvalue weighted by Gasteiger charge is 2.36. The minimum Gasteiger partial charge on any atom is -0.385 e. The zero-order valence-electron chi connectivity index (χ0n) is 14.8. The minimum absolute atomic E-state index is 0.0973. The van der Waals surface area contributed by atoms with Crippen LogP contribution < -0.4 is 0 Å². The predicted octanol–water partition coefficient (Wildman–Crippen LogP) is 3.20. The molecule has 1 N–H and O–H groups in total. The number of aromatic nitrogens is 4. The zero-order chi connectivity index (χ0) is 19.7. The molecular formula is C19H17BrClN5O2. The van der Waals surface area contributed by atoms with Gasteiger partial charge in [-0.05, 0) is 75.1 Å². The van der Waals surface area contributed by atoms with E-state index < -0.39 is 5.60 Å². The van der Waals surface area contributed by atoms with Gasteiger partial charge in [-0.3, -0.25) is 4.79 Å². The first-order valence-corrected chi connectivity index (χ1v) is 9.94. The van der Waals surface area contributed by atoms with Gasteiger partial charge in [0, 0.05) is 22.6 Å². The van der Waals surface area contributed by atoms with Crippen molar-refractivity contribution in [1.29, 1.82) is 0 Å². The summed E-state index contributed by atoms with van der Waals surface area (Å²) in [4.78, 5) is 14.8. The fourth-order valence-electron chi connectivity index (χ4n) is 3.40. The first-order chi connectivity index (χ1) is 13.5. The van der Waals surface area contributed by atoms with E-state index >= 15 is 0 Å². The van der Waals surface area contributed by atoms with Gasteiger partial charge < -0.3 is 10.0 Å². The molecule has 2 aromatic carbocycles. The van der Waals surface area contributed by atoms with E-state index in [1.165, 1.54) is 11.0 Å². The van der Waals surface area contributed by atoms with E-state index in [0.717, 1.165) is 5.56 Å². The lowest BCUT2D eigenvalue weighted by Gasteiger charge is -2.38. The van der Waals surface area contributed by atoms with Crippen molar-refractivity contribution in [2.75, 3.05) is 13.1 Å². The van der Waals surface area contributed by atoms with E-state index in [4.69, 9.17) is 11.6 Å². The maximum atomic E-state index is 13.1. The average Bonchev–Trinajstić information content (AvgIpc) is 3.24. The molecule has 1 aromatic heterocycles. The van der Waals surface area contributed by atoms with Crippen LogP contribution in [-0.4, -0.2) is 49.2 Å². The molecule has 3 aromatic rings. The van der Waals surface area contributed by atoms with Crippen molar-refractivity contribution in [3.05, 3.63) is 69.4 Å². The normalized spacial score (nSPS) is 16.2. The predicted molar refractivity (Wildman–Crippen MR) is 107 cm³/mol. The second kappa shape index (κ2) is 7.62. The maximum Gasteiger partial charge on any atom is 0.255 e. The molecule has 1 aliphatic heterocycles. The summed E-state index contributed by atoms with van der Waals surface area (Å²) >= 11 is 9.40. The number of carbonyl (C=O) groups excluding carboxylic acids is 1. The van der Waals surface area contributed by atoms with E-state index in [1.54, 1.807) is 29.2 Å². The van der Waals surface area contributed by atoms with E-state index in [1.807, 2.05) is 18.2 Å². The summed E-state index contributed by atoms with van der Waals surface area (Å²) in [6, 6.07) is 12.6. The molecule has 0 spiro atoms. The number of carbonyl (C=O) groups is 1. The highest BCUT2D eigenvalue weighted by Crippen LogP contribution is 2.34. The number of likely N-dealkylation sites (tertiary alicyclic amines) is 1. The van der Waals surface area contributed by atoms with Gasteiger partial charge >= 0.3 is 0 Å². The van der Waals surface area contributed by atoms with E-state index in [0.29, 0.717) is 46.7 Å². The van der Waals surface area contributed by atoms with Crippen LogP contribution in [0.2, 0.25) is 5.02 Å². The number of halogens is 2. The topological polar surface area (TPSA) is 84.1 Å². The Kier molecular flexibility index (Phi) is 5.18. The second-order valence-electron chi connectivity index (χ2n) is 6.75. The van der Waals surface area contributed by atoms with Crippen molar-refractivity contribution < 1.29 is 9.90 Å². The zero-order valence-corrected chi connectivity index (χ0v) is 17.1. The number of piperidine rings is 1. The van der Waals surface area contributed by atoms with Gasteiger partial charge in [0.15, 0.2) is 0 Å². The standard InChI is InChI=1S/C19H17BrClN5O2/c20-17-6-5-15(26-12-22-23-24-26)11-16(17)18(27)25-9-7-19(28,8-10-25)13-1-3-14(21)4-2-13/h1-6,11-12,28H,7-10H2. The maximum absolute atomic E-state index is 13.1.